The average molecular weight is 500 g/mol. The summed E-state index contributed by atoms with van der Waals surface area (Å²) in [5.41, 5.74) is 5.90. The number of ketones is 1. The van der Waals surface area contributed by atoms with Crippen molar-refractivity contribution in [1.29, 1.82) is 0 Å². The lowest BCUT2D eigenvalue weighted by atomic mass is 9.62. The van der Waals surface area contributed by atoms with Crippen molar-refractivity contribution in [3.05, 3.63) is 106 Å². The zero-order valence-electron chi connectivity index (χ0n) is 22.1. The lowest BCUT2D eigenvalue weighted by molar-refractivity contribution is 0.0696. The number of anilines is 1. The number of hydrogen-bond acceptors (Lipinski definition) is 3. The molecule has 3 aromatic carbocycles. The number of carboxylic acid groups (broad SMARTS) is 1. The van der Waals surface area contributed by atoms with Gasteiger partial charge in [-0.25, -0.2) is 9.18 Å². The lowest BCUT2D eigenvalue weighted by Crippen LogP contribution is -2.36. The molecule has 4 rings (SSSR count). The molecule has 0 radical (unpaired) electrons. The Hall–Kier alpha value is -3.73. The van der Waals surface area contributed by atoms with Crippen molar-refractivity contribution < 1.29 is 19.1 Å². The highest BCUT2D eigenvalue weighted by Crippen LogP contribution is 2.50. The van der Waals surface area contributed by atoms with Crippen molar-refractivity contribution in [3.63, 3.8) is 0 Å². The number of nitrogens with zero attached hydrogens (tertiary/aromatic N) is 1. The summed E-state index contributed by atoms with van der Waals surface area (Å²) in [6, 6.07) is 17.0. The van der Waals surface area contributed by atoms with Gasteiger partial charge in [0.25, 0.3) is 0 Å². The number of benzene rings is 3. The number of carboxylic acids is 1. The van der Waals surface area contributed by atoms with Crippen LogP contribution in [0.1, 0.15) is 83.5 Å². The molecule has 3 aromatic rings. The second-order valence-electron chi connectivity index (χ2n) is 11.3. The number of rotatable bonds is 7. The fourth-order valence-corrected chi connectivity index (χ4v) is 5.15. The third-order valence-electron chi connectivity index (χ3n) is 7.51. The maximum absolute atomic E-state index is 13.5. The van der Waals surface area contributed by atoms with Gasteiger partial charge in [0.1, 0.15) is 5.82 Å². The van der Waals surface area contributed by atoms with Crippen LogP contribution in [0.3, 0.4) is 0 Å². The summed E-state index contributed by atoms with van der Waals surface area (Å²) >= 11 is 0. The largest absolute Gasteiger partial charge is 0.478 e. The SMILES string of the molecule is CN(Cc1ccc(F)cc1)c1cc(C(=O)C=Cc2ccc(C(=O)O)cc2)cc2c1C(C)(C)CCC2(C)C. The van der Waals surface area contributed by atoms with Crippen LogP contribution in [0, 0.1) is 5.82 Å². The molecule has 0 spiro atoms. The highest BCUT2D eigenvalue weighted by atomic mass is 19.1. The maximum atomic E-state index is 13.5. The molecule has 0 amide bonds. The first-order valence-corrected chi connectivity index (χ1v) is 12.6. The van der Waals surface area contributed by atoms with E-state index >= 15 is 0 Å². The molecule has 4 nitrogen and oxygen atoms in total. The molecule has 1 aliphatic rings. The highest BCUT2D eigenvalue weighted by Gasteiger charge is 2.40. The van der Waals surface area contributed by atoms with E-state index in [2.05, 4.69) is 32.6 Å². The third kappa shape index (κ3) is 5.66. The van der Waals surface area contributed by atoms with Crippen LogP contribution < -0.4 is 4.90 Å². The van der Waals surface area contributed by atoms with Gasteiger partial charge in [-0.05, 0) is 88.4 Å². The van der Waals surface area contributed by atoms with Crippen molar-refractivity contribution >= 4 is 23.5 Å². The van der Waals surface area contributed by atoms with Crippen molar-refractivity contribution in [2.24, 2.45) is 0 Å². The molecule has 1 aliphatic carbocycles. The molecule has 0 fully saturated rings. The lowest BCUT2D eigenvalue weighted by Gasteiger charge is -2.44. The smallest absolute Gasteiger partial charge is 0.335 e. The zero-order chi connectivity index (χ0) is 27.0. The van der Waals surface area contributed by atoms with Crippen molar-refractivity contribution in [3.8, 4) is 0 Å². The molecule has 0 saturated carbocycles. The van der Waals surface area contributed by atoms with Crippen LogP contribution >= 0.6 is 0 Å². The maximum Gasteiger partial charge on any atom is 0.335 e. The normalized spacial score (nSPS) is 15.8. The molecule has 0 aliphatic heterocycles. The monoisotopic (exact) mass is 499 g/mol. The summed E-state index contributed by atoms with van der Waals surface area (Å²) < 4.78 is 13.5. The predicted molar refractivity (Wildman–Crippen MR) is 147 cm³/mol. The number of hydrogen-bond donors (Lipinski definition) is 1. The Morgan fingerprint density at radius 3 is 2.16 bits per heavy atom. The van der Waals surface area contributed by atoms with Crippen LogP contribution in [0.25, 0.3) is 6.08 Å². The van der Waals surface area contributed by atoms with Crippen LogP contribution in [0.2, 0.25) is 0 Å². The summed E-state index contributed by atoms with van der Waals surface area (Å²) in [4.78, 5) is 26.6. The molecule has 5 heteroatoms. The quantitative estimate of drug-likeness (QED) is 0.272. The van der Waals surface area contributed by atoms with Gasteiger partial charge in [-0.2, -0.15) is 0 Å². The van der Waals surface area contributed by atoms with E-state index in [0.717, 1.165) is 29.7 Å². The third-order valence-corrected chi connectivity index (χ3v) is 7.51. The molecular formula is C32H34FNO3. The van der Waals surface area contributed by atoms with E-state index in [1.165, 1.54) is 35.4 Å². The number of fused-ring (bicyclic) bond motifs is 1. The van der Waals surface area contributed by atoms with Gasteiger partial charge < -0.3 is 10.0 Å². The zero-order valence-corrected chi connectivity index (χ0v) is 22.1. The molecule has 0 saturated heterocycles. The standard InChI is InChI=1S/C32H34FNO3/c1-31(2)16-17-32(3,4)29-26(31)18-24(19-27(29)34(5)20-22-8-13-25(33)14-9-22)28(35)15-10-21-6-11-23(12-7-21)30(36)37/h6-15,18-19H,16-17,20H2,1-5H3,(H,36,37). The van der Waals surface area contributed by atoms with Crippen molar-refractivity contribution in [2.75, 3.05) is 11.9 Å². The van der Waals surface area contributed by atoms with Gasteiger partial charge >= 0.3 is 5.97 Å². The van der Waals surface area contributed by atoms with Crippen LogP contribution in [0.5, 0.6) is 0 Å². The Morgan fingerprint density at radius 1 is 0.919 bits per heavy atom. The average Bonchev–Trinajstić information content (AvgIpc) is 2.86. The molecule has 37 heavy (non-hydrogen) atoms. The predicted octanol–water partition coefficient (Wildman–Crippen LogP) is 7.41. The topological polar surface area (TPSA) is 57.6 Å². The summed E-state index contributed by atoms with van der Waals surface area (Å²) in [5.74, 6) is -1.35. The molecule has 0 aromatic heterocycles. The second-order valence-corrected chi connectivity index (χ2v) is 11.3. The molecule has 0 bridgehead atoms. The Balaban J connectivity index is 1.74. The first kappa shape index (κ1) is 26.3. The first-order valence-electron chi connectivity index (χ1n) is 12.6. The highest BCUT2D eigenvalue weighted by molar-refractivity contribution is 6.07. The van der Waals surface area contributed by atoms with Gasteiger partial charge in [0.05, 0.1) is 5.56 Å². The Bertz CT molecular complexity index is 1350. The van der Waals surface area contributed by atoms with Gasteiger partial charge in [0.2, 0.25) is 0 Å². The fourth-order valence-electron chi connectivity index (χ4n) is 5.15. The molecule has 0 heterocycles. The van der Waals surface area contributed by atoms with Gasteiger partial charge in [-0.3, -0.25) is 4.79 Å². The number of halogens is 1. The van der Waals surface area contributed by atoms with E-state index in [4.69, 9.17) is 5.11 Å². The summed E-state index contributed by atoms with van der Waals surface area (Å²) in [5, 5.41) is 9.10. The van der Waals surface area contributed by atoms with E-state index in [-0.39, 0.29) is 28.0 Å². The Morgan fingerprint density at radius 2 is 1.54 bits per heavy atom. The second kappa shape index (κ2) is 9.97. The van der Waals surface area contributed by atoms with Crippen LogP contribution in [-0.2, 0) is 17.4 Å². The Labute approximate surface area is 218 Å². The van der Waals surface area contributed by atoms with Gasteiger partial charge in [-0.15, -0.1) is 0 Å². The number of carbonyl (C=O) groups is 2. The van der Waals surface area contributed by atoms with E-state index in [9.17, 15) is 14.0 Å². The Kier molecular flexibility index (Phi) is 7.09. The van der Waals surface area contributed by atoms with Crippen molar-refractivity contribution in [1.82, 2.24) is 0 Å². The van der Waals surface area contributed by atoms with Crippen LogP contribution in [-0.4, -0.2) is 23.9 Å². The van der Waals surface area contributed by atoms with E-state index in [0.29, 0.717) is 12.1 Å². The van der Waals surface area contributed by atoms with Crippen LogP contribution in [0.15, 0.2) is 66.7 Å². The minimum absolute atomic E-state index is 0.0550. The summed E-state index contributed by atoms with van der Waals surface area (Å²) in [6.07, 6.45) is 5.33. The van der Waals surface area contributed by atoms with Crippen molar-refractivity contribution in [2.45, 2.75) is 57.9 Å². The van der Waals surface area contributed by atoms with Crippen LogP contribution in [0.4, 0.5) is 10.1 Å². The van der Waals surface area contributed by atoms with E-state index < -0.39 is 5.97 Å². The first-order chi connectivity index (χ1) is 17.4. The minimum atomic E-state index is -0.983. The molecule has 0 atom stereocenters. The summed E-state index contributed by atoms with van der Waals surface area (Å²) in [6.45, 7) is 9.58. The minimum Gasteiger partial charge on any atom is -0.478 e. The van der Waals surface area contributed by atoms with Gasteiger partial charge in [0, 0.05) is 24.8 Å². The van der Waals surface area contributed by atoms with E-state index in [1.54, 1.807) is 36.4 Å². The number of aromatic carboxylic acids is 1. The number of allylic oxidation sites excluding steroid dienone is 1. The molecule has 0 unspecified atom stereocenters. The molecular weight excluding hydrogens is 465 g/mol. The van der Waals surface area contributed by atoms with E-state index in [1.807, 2.05) is 19.2 Å². The number of carbonyl (C=O) groups excluding carboxylic acids is 1. The summed E-state index contributed by atoms with van der Waals surface area (Å²) in [7, 11) is 2.02. The fraction of sp³-hybridized carbons (Fsp3) is 0.312. The van der Waals surface area contributed by atoms with Gasteiger partial charge in [-0.1, -0.05) is 58.0 Å². The molecule has 192 valence electrons. The van der Waals surface area contributed by atoms with Gasteiger partial charge in [0.15, 0.2) is 5.78 Å². The molecule has 1 N–H and O–H groups in total.